The van der Waals surface area contributed by atoms with Gasteiger partial charge in [-0.2, -0.15) is 0 Å². The number of aromatic carboxylic acids is 1. The molecular formula is C24H25Cl2NO5S. The van der Waals surface area contributed by atoms with Crippen LogP contribution in [0.3, 0.4) is 0 Å². The van der Waals surface area contributed by atoms with Crippen molar-refractivity contribution >= 4 is 39.8 Å². The van der Waals surface area contributed by atoms with Gasteiger partial charge in [0.25, 0.3) is 0 Å². The number of sulfone groups is 1. The van der Waals surface area contributed by atoms with E-state index in [-0.39, 0.29) is 33.8 Å². The number of carboxylic acids is 1. The number of carboxylic acid groups (broad SMARTS) is 1. The SMILES string of the molecule is C[C@H](Cc1ccc(S(=O)(=O)c2ccc(C(=O)O)cc2)cc1)NC[C@H](O)c1cccc(Cl)c1.Cl. The van der Waals surface area contributed by atoms with E-state index in [2.05, 4.69) is 5.32 Å². The maximum Gasteiger partial charge on any atom is 0.335 e. The van der Waals surface area contributed by atoms with E-state index >= 15 is 0 Å². The Kier molecular flexibility index (Phi) is 9.46. The quantitative estimate of drug-likeness (QED) is 0.391. The predicted molar refractivity (Wildman–Crippen MR) is 130 cm³/mol. The zero-order chi connectivity index (χ0) is 23.3. The van der Waals surface area contributed by atoms with E-state index in [1.54, 1.807) is 42.5 Å². The van der Waals surface area contributed by atoms with Crippen molar-refractivity contribution in [3.05, 3.63) is 94.5 Å². The number of benzene rings is 3. The van der Waals surface area contributed by atoms with Crippen LogP contribution in [0.4, 0.5) is 0 Å². The zero-order valence-electron chi connectivity index (χ0n) is 17.8. The third kappa shape index (κ3) is 7.03. The number of aliphatic hydroxyl groups excluding tert-OH is 1. The Labute approximate surface area is 204 Å². The highest BCUT2D eigenvalue weighted by molar-refractivity contribution is 7.91. The fourth-order valence-electron chi connectivity index (χ4n) is 3.29. The summed E-state index contributed by atoms with van der Waals surface area (Å²) in [6.07, 6.45) is -0.0354. The second kappa shape index (κ2) is 11.6. The van der Waals surface area contributed by atoms with Gasteiger partial charge in [-0.05, 0) is 73.0 Å². The highest BCUT2D eigenvalue weighted by Crippen LogP contribution is 2.22. The van der Waals surface area contributed by atoms with Crippen molar-refractivity contribution in [2.24, 2.45) is 0 Å². The molecule has 33 heavy (non-hydrogen) atoms. The van der Waals surface area contributed by atoms with Crippen LogP contribution in [-0.2, 0) is 16.3 Å². The third-order valence-corrected chi connectivity index (χ3v) is 7.10. The first-order chi connectivity index (χ1) is 15.2. The second-order valence-corrected chi connectivity index (χ2v) is 9.95. The second-order valence-electron chi connectivity index (χ2n) is 7.56. The molecule has 0 heterocycles. The van der Waals surface area contributed by atoms with Gasteiger partial charge in [0.2, 0.25) is 9.84 Å². The standard InChI is InChI=1S/C24H24ClNO5S.ClH/c1-16(26-15-23(27)19-3-2-4-20(25)14-19)13-17-5-9-21(10-6-17)32(30,31)22-11-7-18(8-12-22)24(28)29;/h2-12,14,16,23,26-27H,13,15H2,1H3,(H,28,29);1H/t16-,23+;/m1./s1. The summed E-state index contributed by atoms with van der Waals surface area (Å²) >= 11 is 5.96. The molecule has 3 N–H and O–H groups in total. The molecule has 0 saturated heterocycles. The van der Waals surface area contributed by atoms with Gasteiger partial charge in [-0.1, -0.05) is 35.9 Å². The molecule has 0 aliphatic carbocycles. The van der Waals surface area contributed by atoms with E-state index in [0.717, 1.165) is 11.1 Å². The van der Waals surface area contributed by atoms with Crippen molar-refractivity contribution in [3.8, 4) is 0 Å². The maximum absolute atomic E-state index is 12.8. The van der Waals surface area contributed by atoms with Crippen molar-refractivity contribution in [1.82, 2.24) is 5.32 Å². The lowest BCUT2D eigenvalue weighted by atomic mass is 10.1. The third-order valence-electron chi connectivity index (χ3n) is 5.08. The number of aliphatic hydroxyl groups is 1. The largest absolute Gasteiger partial charge is 0.478 e. The highest BCUT2D eigenvalue weighted by Gasteiger charge is 2.18. The summed E-state index contributed by atoms with van der Waals surface area (Å²) in [5.74, 6) is -1.11. The number of hydrogen-bond donors (Lipinski definition) is 3. The van der Waals surface area contributed by atoms with Gasteiger partial charge in [-0.3, -0.25) is 0 Å². The van der Waals surface area contributed by atoms with Crippen LogP contribution in [0, 0.1) is 0 Å². The molecule has 6 nitrogen and oxygen atoms in total. The van der Waals surface area contributed by atoms with Gasteiger partial charge in [0.1, 0.15) is 0 Å². The number of carbonyl (C=O) groups is 1. The van der Waals surface area contributed by atoms with Crippen molar-refractivity contribution in [2.45, 2.75) is 35.3 Å². The molecule has 3 aromatic rings. The molecule has 0 unspecified atom stereocenters. The van der Waals surface area contributed by atoms with Crippen molar-refractivity contribution in [2.75, 3.05) is 6.54 Å². The molecule has 0 radical (unpaired) electrons. The lowest BCUT2D eigenvalue weighted by Crippen LogP contribution is -2.32. The minimum Gasteiger partial charge on any atom is -0.478 e. The molecule has 0 fully saturated rings. The summed E-state index contributed by atoms with van der Waals surface area (Å²) in [6.45, 7) is 2.35. The van der Waals surface area contributed by atoms with E-state index < -0.39 is 21.9 Å². The molecule has 176 valence electrons. The van der Waals surface area contributed by atoms with E-state index in [0.29, 0.717) is 18.0 Å². The van der Waals surface area contributed by atoms with Crippen LogP contribution >= 0.6 is 24.0 Å². The van der Waals surface area contributed by atoms with Crippen LogP contribution in [0.15, 0.2) is 82.6 Å². The van der Waals surface area contributed by atoms with Crippen LogP contribution < -0.4 is 5.32 Å². The van der Waals surface area contributed by atoms with Crippen LogP contribution in [-0.4, -0.2) is 37.2 Å². The number of halogens is 2. The summed E-state index contributed by atoms with van der Waals surface area (Å²) in [4.78, 5) is 11.1. The lowest BCUT2D eigenvalue weighted by molar-refractivity contribution is 0.0696. The molecule has 0 saturated carbocycles. The molecule has 0 bridgehead atoms. The van der Waals surface area contributed by atoms with Crippen LogP contribution in [0.25, 0.3) is 0 Å². The zero-order valence-corrected chi connectivity index (χ0v) is 20.2. The smallest absolute Gasteiger partial charge is 0.335 e. The first-order valence-corrected chi connectivity index (χ1v) is 11.9. The molecule has 3 rings (SSSR count). The van der Waals surface area contributed by atoms with Gasteiger partial charge in [0, 0.05) is 17.6 Å². The van der Waals surface area contributed by atoms with Crippen LogP contribution in [0.2, 0.25) is 5.02 Å². The molecule has 9 heteroatoms. The molecule has 0 aliphatic rings. The van der Waals surface area contributed by atoms with Crippen molar-refractivity contribution < 1.29 is 23.4 Å². The first-order valence-electron chi connectivity index (χ1n) is 10.0. The number of nitrogens with one attached hydrogen (secondary N) is 1. The van der Waals surface area contributed by atoms with Crippen molar-refractivity contribution in [3.63, 3.8) is 0 Å². The fourth-order valence-corrected chi connectivity index (χ4v) is 4.75. The number of hydrogen-bond acceptors (Lipinski definition) is 5. The Balaban J connectivity index is 0.00000385. The molecule has 0 spiro atoms. The van der Waals surface area contributed by atoms with Gasteiger partial charge < -0.3 is 15.5 Å². The summed E-state index contributed by atoms with van der Waals surface area (Å²) in [5.41, 5.74) is 1.71. The average molecular weight is 510 g/mol. The Morgan fingerprint density at radius 2 is 1.58 bits per heavy atom. The predicted octanol–water partition coefficient (Wildman–Crippen LogP) is 4.55. The minimum absolute atomic E-state index is 0. The van der Waals surface area contributed by atoms with E-state index in [1.165, 1.54) is 24.3 Å². The van der Waals surface area contributed by atoms with Crippen LogP contribution in [0.1, 0.15) is 34.5 Å². The topological polar surface area (TPSA) is 104 Å². The Morgan fingerprint density at radius 1 is 1.00 bits per heavy atom. The van der Waals surface area contributed by atoms with E-state index in [9.17, 15) is 18.3 Å². The van der Waals surface area contributed by atoms with E-state index in [4.69, 9.17) is 16.7 Å². The summed E-state index contributed by atoms with van der Waals surface area (Å²) in [6, 6.07) is 18.9. The molecule has 0 aliphatic heterocycles. The van der Waals surface area contributed by atoms with Gasteiger partial charge >= 0.3 is 5.97 Å². The van der Waals surface area contributed by atoms with E-state index in [1.807, 2.05) is 13.0 Å². The molecular weight excluding hydrogens is 485 g/mol. The maximum atomic E-state index is 12.8. The van der Waals surface area contributed by atoms with Crippen LogP contribution in [0.5, 0.6) is 0 Å². The summed E-state index contributed by atoms with van der Waals surface area (Å²) < 4.78 is 25.6. The fraction of sp³-hybridized carbons (Fsp3) is 0.208. The molecule has 0 aromatic heterocycles. The summed E-state index contributed by atoms with van der Waals surface area (Å²) in [7, 11) is -3.73. The monoisotopic (exact) mass is 509 g/mol. The normalized spacial score (nSPS) is 13.1. The Hall–Kier alpha value is -2.42. The molecule has 0 amide bonds. The Morgan fingerprint density at radius 3 is 2.12 bits per heavy atom. The average Bonchev–Trinajstić information content (AvgIpc) is 2.78. The van der Waals surface area contributed by atoms with Crippen molar-refractivity contribution in [1.29, 1.82) is 0 Å². The minimum atomic E-state index is -3.73. The summed E-state index contributed by atoms with van der Waals surface area (Å²) in [5, 5.41) is 23.1. The first kappa shape index (κ1) is 26.8. The highest BCUT2D eigenvalue weighted by atomic mass is 35.5. The lowest BCUT2D eigenvalue weighted by Gasteiger charge is -2.18. The van der Waals surface area contributed by atoms with Gasteiger partial charge in [-0.25, -0.2) is 13.2 Å². The van der Waals surface area contributed by atoms with Gasteiger partial charge in [0.15, 0.2) is 0 Å². The van der Waals surface area contributed by atoms with Gasteiger partial charge in [0.05, 0.1) is 21.5 Å². The number of rotatable bonds is 9. The molecule has 2 atom stereocenters. The van der Waals surface area contributed by atoms with Gasteiger partial charge in [-0.15, -0.1) is 12.4 Å². The Bertz CT molecular complexity index is 1180. The molecule has 3 aromatic carbocycles.